The second-order valence-corrected chi connectivity index (χ2v) is 5.86. The van der Waals surface area contributed by atoms with Crippen LogP contribution in [-0.2, 0) is 0 Å². The fourth-order valence-electron chi connectivity index (χ4n) is 2.57. The average molecular weight is 306 g/mol. The Kier molecular flexibility index (Phi) is 5.02. The predicted molar refractivity (Wildman–Crippen MR) is 87.6 cm³/mol. The van der Waals surface area contributed by atoms with Crippen molar-refractivity contribution in [3.8, 4) is 0 Å². The summed E-state index contributed by atoms with van der Waals surface area (Å²) in [6, 6.07) is 9.44. The van der Waals surface area contributed by atoms with Crippen molar-refractivity contribution in [1.29, 1.82) is 0 Å². The van der Waals surface area contributed by atoms with Gasteiger partial charge < -0.3 is 5.32 Å². The fourth-order valence-corrected chi connectivity index (χ4v) is 2.79. The molecule has 0 saturated carbocycles. The lowest BCUT2D eigenvalue weighted by molar-refractivity contribution is 0.605. The highest BCUT2D eigenvalue weighted by atomic mass is 35.5. The number of rotatable bonds is 4. The Morgan fingerprint density at radius 1 is 1.05 bits per heavy atom. The summed E-state index contributed by atoms with van der Waals surface area (Å²) in [5.74, 6) is -0.169. The number of benzene rings is 2. The van der Waals surface area contributed by atoms with Crippen molar-refractivity contribution >= 4 is 11.6 Å². The number of halogens is 2. The van der Waals surface area contributed by atoms with Gasteiger partial charge in [-0.25, -0.2) is 4.39 Å². The van der Waals surface area contributed by atoms with E-state index in [-0.39, 0.29) is 11.9 Å². The van der Waals surface area contributed by atoms with E-state index in [1.807, 2.05) is 25.1 Å². The van der Waals surface area contributed by atoms with Crippen LogP contribution in [0.25, 0.3) is 0 Å². The number of aryl methyl sites for hydroxylation is 3. The number of nitrogens with one attached hydrogen (secondary N) is 1. The number of hydrogen-bond donors (Lipinski definition) is 1. The van der Waals surface area contributed by atoms with Crippen molar-refractivity contribution < 1.29 is 4.39 Å². The molecular weight excluding hydrogens is 285 g/mol. The van der Waals surface area contributed by atoms with E-state index in [4.69, 9.17) is 11.6 Å². The third-order valence-electron chi connectivity index (χ3n) is 3.78. The molecule has 2 aromatic carbocycles. The largest absolute Gasteiger partial charge is 0.307 e. The van der Waals surface area contributed by atoms with E-state index in [1.165, 1.54) is 11.6 Å². The van der Waals surface area contributed by atoms with Crippen LogP contribution in [-0.4, -0.2) is 6.54 Å². The number of hydrogen-bond acceptors (Lipinski definition) is 1. The summed E-state index contributed by atoms with van der Waals surface area (Å²) in [6.07, 6.45) is 0. The molecule has 21 heavy (non-hydrogen) atoms. The van der Waals surface area contributed by atoms with Crippen LogP contribution in [0.5, 0.6) is 0 Å². The van der Waals surface area contributed by atoms with Gasteiger partial charge in [0.05, 0.1) is 6.04 Å². The van der Waals surface area contributed by atoms with Crippen LogP contribution in [0.15, 0.2) is 30.3 Å². The van der Waals surface area contributed by atoms with Gasteiger partial charge in [-0.05, 0) is 67.3 Å². The first kappa shape index (κ1) is 16.0. The summed E-state index contributed by atoms with van der Waals surface area (Å²) >= 11 is 6.19. The third kappa shape index (κ3) is 3.45. The zero-order valence-electron chi connectivity index (χ0n) is 12.9. The van der Waals surface area contributed by atoms with E-state index in [0.717, 1.165) is 28.3 Å². The maximum Gasteiger partial charge on any atom is 0.126 e. The molecule has 0 bridgehead atoms. The molecule has 2 rings (SSSR count). The zero-order chi connectivity index (χ0) is 15.6. The molecule has 0 radical (unpaired) electrons. The second kappa shape index (κ2) is 6.59. The highest BCUT2D eigenvalue weighted by molar-refractivity contribution is 6.31. The molecule has 1 unspecified atom stereocenters. The Morgan fingerprint density at radius 3 is 2.38 bits per heavy atom. The molecule has 0 aliphatic heterocycles. The van der Waals surface area contributed by atoms with Gasteiger partial charge in [0.2, 0.25) is 0 Å². The molecule has 0 heterocycles. The van der Waals surface area contributed by atoms with Crippen LogP contribution in [0.4, 0.5) is 4.39 Å². The topological polar surface area (TPSA) is 12.0 Å². The SMILES string of the molecule is CCNC(c1ccc(F)c(C)c1)c1cc(C)c(Cl)cc1C. The predicted octanol–water partition coefficient (Wildman–Crippen LogP) is 5.10. The molecule has 2 aromatic rings. The molecule has 1 atom stereocenters. The average Bonchev–Trinajstić information content (AvgIpc) is 2.44. The Hall–Kier alpha value is -1.38. The van der Waals surface area contributed by atoms with Crippen LogP contribution < -0.4 is 5.32 Å². The van der Waals surface area contributed by atoms with Gasteiger partial charge in [-0.1, -0.05) is 36.7 Å². The van der Waals surface area contributed by atoms with Crippen LogP contribution in [0.1, 0.15) is 40.8 Å². The molecule has 1 N–H and O–H groups in total. The first-order valence-electron chi connectivity index (χ1n) is 7.20. The van der Waals surface area contributed by atoms with Crippen molar-refractivity contribution in [2.45, 2.75) is 33.7 Å². The lowest BCUT2D eigenvalue weighted by Crippen LogP contribution is -2.23. The van der Waals surface area contributed by atoms with E-state index >= 15 is 0 Å². The standard InChI is InChI=1S/C18H21ClFN/c1-5-21-18(14-6-7-17(20)13(4)8-14)15-9-12(3)16(19)10-11(15)2/h6-10,18,21H,5H2,1-4H3. The molecule has 0 aliphatic rings. The minimum absolute atomic E-state index is 0.0465. The lowest BCUT2D eigenvalue weighted by atomic mass is 9.92. The van der Waals surface area contributed by atoms with E-state index < -0.39 is 0 Å². The second-order valence-electron chi connectivity index (χ2n) is 5.46. The van der Waals surface area contributed by atoms with Crippen molar-refractivity contribution in [1.82, 2.24) is 5.32 Å². The maximum atomic E-state index is 13.5. The minimum Gasteiger partial charge on any atom is -0.307 e. The first-order valence-corrected chi connectivity index (χ1v) is 7.58. The molecule has 3 heteroatoms. The Balaban J connectivity index is 2.52. The Labute approximate surface area is 131 Å². The van der Waals surface area contributed by atoms with Gasteiger partial charge in [-0.15, -0.1) is 0 Å². The van der Waals surface area contributed by atoms with Crippen molar-refractivity contribution in [2.24, 2.45) is 0 Å². The van der Waals surface area contributed by atoms with Crippen LogP contribution in [0, 0.1) is 26.6 Å². The molecule has 0 saturated heterocycles. The summed E-state index contributed by atoms with van der Waals surface area (Å²) in [5.41, 5.74) is 5.11. The molecule has 0 spiro atoms. The van der Waals surface area contributed by atoms with Gasteiger partial charge in [-0.3, -0.25) is 0 Å². The highest BCUT2D eigenvalue weighted by Crippen LogP contribution is 2.30. The van der Waals surface area contributed by atoms with Gasteiger partial charge in [0.25, 0.3) is 0 Å². The third-order valence-corrected chi connectivity index (χ3v) is 4.19. The van der Waals surface area contributed by atoms with Crippen molar-refractivity contribution in [3.05, 3.63) is 69.0 Å². The molecule has 0 amide bonds. The summed E-state index contributed by atoms with van der Waals surface area (Å²) in [4.78, 5) is 0. The van der Waals surface area contributed by atoms with Gasteiger partial charge in [0.1, 0.15) is 5.82 Å². The van der Waals surface area contributed by atoms with E-state index in [9.17, 15) is 4.39 Å². The maximum absolute atomic E-state index is 13.5. The quantitative estimate of drug-likeness (QED) is 0.828. The van der Waals surface area contributed by atoms with Gasteiger partial charge in [0, 0.05) is 5.02 Å². The van der Waals surface area contributed by atoms with E-state index in [2.05, 4.69) is 25.2 Å². The smallest absolute Gasteiger partial charge is 0.126 e. The molecule has 0 aliphatic carbocycles. The minimum atomic E-state index is -0.169. The normalized spacial score (nSPS) is 12.5. The zero-order valence-corrected chi connectivity index (χ0v) is 13.7. The van der Waals surface area contributed by atoms with Gasteiger partial charge in [0.15, 0.2) is 0 Å². The Morgan fingerprint density at radius 2 is 1.76 bits per heavy atom. The summed E-state index contributed by atoms with van der Waals surface area (Å²) < 4.78 is 13.5. The highest BCUT2D eigenvalue weighted by Gasteiger charge is 2.17. The van der Waals surface area contributed by atoms with Crippen molar-refractivity contribution in [2.75, 3.05) is 6.54 Å². The van der Waals surface area contributed by atoms with E-state index in [0.29, 0.717) is 5.56 Å². The first-order chi connectivity index (χ1) is 9.93. The van der Waals surface area contributed by atoms with Crippen LogP contribution in [0.3, 0.4) is 0 Å². The molecule has 112 valence electrons. The van der Waals surface area contributed by atoms with Gasteiger partial charge in [-0.2, -0.15) is 0 Å². The molecular formula is C18H21ClFN. The fraction of sp³-hybridized carbons (Fsp3) is 0.333. The summed E-state index contributed by atoms with van der Waals surface area (Å²) in [7, 11) is 0. The van der Waals surface area contributed by atoms with Gasteiger partial charge >= 0.3 is 0 Å². The Bertz CT molecular complexity index is 652. The molecule has 0 aromatic heterocycles. The van der Waals surface area contributed by atoms with Crippen LogP contribution in [0.2, 0.25) is 5.02 Å². The summed E-state index contributed by atoms with van der Waals surface area (Å²) in [6.45, 7) is 8.76. The van der Waals surface area contributed by atoms with Crippen molar-refractivity contribution in [3.63, 3.8) is 0 Å². The van der Waals surface area contributed by atoms with E-state index in [1.54, 1.807) is 6.92 Å². The molecule has 1 nitrogen and oxygen atoms in total. The summed E-state index contributed by atoms with van der Waals surface area (Å²) in [5, 5.41) is 4.26. The lowest BCUT2D eigenvalue weighted by Gasteiger charge is -2.22. The van der Waals surface area contributed by atoms with Crippen LogP contribution >= 0.6 is 11.6 Å². The monoisotopic (exact) mass is 305 g/mol. The molecule has 0 fully saturated rings.